The molecule has 1 aromatic heterocycles. The Morgan fingerprint density at radius 1 is 1.15 bits per heavy atom. The molecule has 0 saturated carbocycles. The maximum absolute atomic E-state index is 13.3. The molecule has 26 heavy (non-hydrogen) atoms. The predicted molar refractivity (Wildman–Crippen MR) is 92.4 cm³/mol. The molecular formula is C15H8F2N4O2S3. The van der Waals surface area contributed by atoms with Crippen LogP contribution in [0, 0.1) is 23.0 Å². The van der Waals surface area contributed by atoms with E-state index in [2.05, 4.69) is 14.1 Å². The van der Waals surface area contributed by atoms with Gasteiger partial charge in [-0.1, -0.05) is 11.8 Å². The highest BCUT2D eigenvalue weighted by Gasteiger charge is 2.18. The number of halogens is 2. The fourth-order valence-electron chi connectivity index (χ4n) is 1.91. The third-order valence-electron chi connectivity index (χ3n) is 3.08. The molecule has 0 amide bonds. The van der Waals surface area contributed by atoms with Crippen molar-refractivity contribution >= 4 is 38.4 Å². The largest absolute Gasteiger partial charge is 0.263 e. The van der Waals surface area contributed by atoms with Crippen molar-refractivity contribution in [3.63, 3.8) is 0 Å². The summed E-state index contributed by atoms with van der Waals surface area (Å²) in [5.41, 5.74) is 0.0832. The molecule has 0 fully saturated rings. The maximum atomic E-state index is 13.3. The Labute approximate surface area is 155 Å². The van der Waals surface area contributed by atoms with Gasteiger partial charge in [0, 0.05) is 21.3 Å². The second kappa shape index (κ2) is 7.36. The zero-order valence-electron chi connectivity index (χ0n) is 12.7. The average Bonchev–Trinajstić information content (AvgIpc) is 3.10. The van der Waals surface area contributed by atoms with Crippen LogP contribution in [0.2, 0.25) is 0 Å². The Bertz CT molecular complexity index is 1100. The molecule has 1 N–H and O–H groups in total. The van der Waals surface area contributed by atoms with E-state index in [1.807, 2.05) is 6.07 Å². The Balaban J connectivity index is 1.90. The minimum Gasteiger partial charge on any atom is -0.253 e. The SMILES string of the molecule is N#Cc1cc(S(=O)(=O)Nc2ncns2)ccc1Sc1ccc(F)c(F)c1. The van der Waals surface area contributed by atoms with Gasteiger partial charge in [-0.15, -0.1) is 0 Å². The normalized spacial score (nSPS) is 11.1. The lowest BCUT2D eigenvalue weighted by Crippen LogP contribution is -2.13. The van der Waals surface area contributed by atoms with E-state index in [1.54, 1.807) is 0 Å². The first kappa shape index (κ1) is 18.2. The van der Waals surface area contributed by atoms with E-state index < -0.39 is 21.7 Å². The lowest BCUT2D eigenvalue weighted by Gasteiger charge is -2.08. The monoisotopic (exact) mass is 410 g/mol. The van der Waals surface area contributed by atoms with Gasteiger partial charge in [0.1, 0.15) is 12.4 Å². The third-order valence-corrected chi connectivity index (χ3v) is 6.20. The van der Waals surface area contributed by atoms with Gasteiger partial charge in [0.25, 0.3) is 10.0 Å². The highest BCUT2D eigenvalue weighted by Crippen LogP contribution is 2.32. The second-order valence-corrected chi connectivity index (χ2v) is 8.38. The Hall–Kier alpha value is -2.55. The molecule has 0 unspecified atom stereocenters. The quantitative estimate of drug-likeness (QED) is 0.690. The van der Waals surface area contributed by atoms with Crippen LogP contribution in [0.15, 0.2) is 57.4 Å². The molecule has 3 aromatic rings. The molecule has 6 nitrogen and oxygen atoms in total. The van der Waals surface area contributed by atoms with Gasteiger partial charge in [0.05, 0.1) is 10.5 Å². The molecule has 1 heterocycles. The third kappa shape index (κ3) is 3.98. The van der Waals surface area contributed by atoms with E-state index >= 15 is 0 Å². The molecule has 0 atom stereocenters. The van der Waals surface area contributed by atoms with E-state index in [0.717, 1.165) is 35.4 Å². The lowest BCUT2D eigenvalue weighted by molar-refractivity contribution is 0.506. The van der Waals surface area contributed by atoms with Crippen LogP contribution in [0.1, 0.15) is 5.56 Å². The van der Waals surface area contributed by atoms with Gasteiger partial charge >= 0.3 is 0 Å². The van der Waals surface area contributed by atoms with Crippen LogP contribution in [0.5, 0.6) is 0 Å². The van der Waals surface area contributed by atoms with E-state index in [9.17, 15) is 22.5 Å². The van der Waals surface area contributed by atoms with Crippen molar-refractivity contribution in [1.29, 1.82) is 5.26 Å². The average molecular weight is 410 g/mol. The fourth-order valence-corrected chi connectivity index (χ4v) is 4.50. The van der Waals surface area contributed by atoms with Gasteiger partial charge in [-0.05, 0) is 36.4 Å². The zero-order valence-corrected chi connectivity index (χ0v) is 15.1. The predicted octanol–water partition coefficient (Wildman–Crippen LogP) is 3.64. The number of nitrogens with one attached hydrogen (secondary N) is 1. The molecular weight excluding hydrogens is 402 g/mol. The number of nitrogens with zero attached hydrogens (tertiary/aromatic N) is 3. The van der Waals surface area contributed by atoms with E-state index in [1.165, 1.54) is 30.6 Å². The summed E-state index contributed by atoms with van der Waals surface area (Å²) in [4.78, 5) is 4.40. The highest BCUT2D eigenvalue weighted by molar-refractivity contribution is 7.99. The first-order chi connectivity index (χ1) is 12.4. The molecule has 11 heteroatoms. The van der Waals surface area contributed by atoms with Gasteiger partial charge in [0.2, 0.25) is 5.13 Å². The van der Waals surface area contributed by atoms with Gasteiger partial charge in [-0.3, -0.25) is 4.72 Å². The fraction of sp³-hybridized carbons (Fsp3) is 0. The van der Waals surface area contributed by atoms with Gasteiger partial charge < -0.3 is 0 Å². The Kier molecular flexibility index (Phi) is 5.17. The van der Waals surface area contributed by atoms with Gasteiger partial charge in [-0.2, -0.15) is 9.64 Å². The van der Waals surface area contributed by atoms with Crippen molar-refractivity contribution in [1.82, 2.24) is 9.36 Å². The summed E-state index contributed by atoms with van der Waals surface area (Å²) in [6.07, 6.45) is 1.21. The number of nitriles is 1. The van der Waals surface area contributed by atoms with Crippen molar-refractivity contribution in [2.45, 2.75) is 14.7 Å². The number of anilines is 1. The summed E-state index contributed by atoms with van der Waals surface area (Å²) >= 11 is 1.90. The summed E-state index contributed by atoms with van der Waals surface area (Å²) in [6, 6.07) is 9.20. The zero-order chi connectivity index (χ0) is 18.7. The minimum atomic E-state index is -3.93. The molecule has 0 radical (unpaired) electrons. The maximum Gasteiger partial charge on any atom is 0.263 e. The molecule has 0 saturated heterocycles. The second-order valence-electron chi connectivity index (χ2n) is 4.80. The Morgan fingerprint density at radius 3 is 2.62 bits per heavy atom. The molecule has 132 valence electrons. The first-order valence-electron chi connectivity index (χ1n) is 6.85. The van der Waals surface area contributed by atoms with Gasteiger partial charge in [0.15, 0.2) is 11.6 Å². The van der Waals surface area contributed by atoms with Crippen molar-refractivity contribution in [3.05, 3.63) is 59.9 Å². The number of aromatic nitrogens is 2. The molecule has 0 bridgehead atoms. The van der Waals surface area contributed by atoms with Crippen LogP contribution in [0.4, 0.5) is 13.9 Å². The van der Waals surface area contributed by atoms with Crippen molar-refractivity contribution in [2.24, 2.45) is 0 Å². The van der Waals surface area contributed by atoms with Crippen LogP contribution < -0.4 is 4.72 Å². The first-order valence-corrected chi connectivity index (χ1v) is 9.93. The molecule has 0 aliphatic rings. The van der Waals surface area contributed by atoms with Crippen LogP contribution in [0.25, 0.3) is 0 Å². The van der Waals surface area contributed by atoms with Crippen molar-refractivity contribution in [3.8, 4) is 6.07 Å². The molecule has 0 spiro atoms. The number of rotatable bonds is 5. The molecule has 2 aromatic carbocycles. The molecule has 3 rings (SSSR count). The van der Waals surface area contributed by atoms with E-state index in [-0.39, 0.29) is 15.6 Å². The summed E-state index contributed by atoms with van der Waals surface area (Å²) in [5, 5.41) is 9.41. The van der Waals surface area contributed by atoms with Crippen LogP contribution in [-0.4, -0.2) is 17.8 Å². The van der Waals surface area contributed by atoms with E-state index in [4.69, 9.17) is 0 Å². The molecule has 0 aliphatic carbocycles. The number of hydrogen-bond donors (Lipinski definition) is 1. The number of benzene rings is 2. The van der Waals surface area contributed by atoms with Crippen LogP contribution in [-0.2, 0) is 10.0 Å². The summed E-state index contributed by atoms with van der Waals surface area (Å²) < 4.78 is 57.0. The van der Waals surface area contributed by atoms with Crippen LogP contribution >= 0.6 is 23.3 Å². The standard InChI is InChI=1S/C15H8F2N4O2S3/c16-12-3-1-10(6-13(12)17)24-14-4-2-11(5-9(14)7-18)26(22,23)21-15-19-8-20-25-15/h1-6,8H,(H,19,20,21). The summed E-state index contributed by atoms with van der Waals surface area (Å²) in [5.74, 6) is -1.98. The van der Waals surface area contributed by atoms with Crippen LogP contribution in [0.3, 0.4) is 0 Å². The number of hydrogen-bond acceptors (Lipinski definition) is 7. The lowest BCUT2D eigenvalue weighted by atomic mass is 10.2. The highest BCUT2D eigenvalue weighted by atomic mass is 32.2. The van der Waals surface area contributed by atoms with Gasteiger partial charge in [-0.25, -0.2) is 22.2 Å². The summed E-state index contributed by atoms with van der Waals surface area (Å²) in [7, 11) is -3.93. The van der Waals surface area contributed by atoms with E-state index in [0.29, 0.717) is 9.79 Å². The smallest absolute Gasteiger partial charge is 0.253 e. The van der Waals surface area contributed by atoms with Crippen molar-refractivity contribution < 1.29 is 17.2 Å². The van der Waals surface area contributed by atoms with Crippen molar-refractivity contribution in [2.75, 3.05) is 4.72 Å². The Morgan fingerprint density at radius 2 is 1.96 bits per heavy atom. The minimum absolute atomic E-state index is 0.0832. The number of sulfonamides is 1. The molecule has 0 aliphatic heterocycles. The topological polar surface area (TPSA) is 95.7 Å². The summed E-state index contributed by atoms with van der Waals surface area (Å²) in [6.45, 7) is 0.